The number of alkyl halides is 1. The van der Waals surface area contributed by atoms with Crippen LogP contribution in [0.3, 0.4) is 0 Å². The van der Waals surface area contributed by atoms with Gasteiger partial charge in [-0.2, -0.15) is 0 Å². The summed E-state index contributed by atoms with van der Waals surface area (Å²) in [6.07, 6.45) is 5.90. The Bertz CT molecular complexity index is 813. The number of phenols is 2. The summed E-state index contributed by atoms with van der Waals surface area (Å²) in [5.41, 5.74) is 2.48. The van der Waals surface area contributed by atoms with Gasteiger partial charge in [0.2, 0.25) is 0 Å². The van der Waals surface area contributed by atoms with Crippen molar-refractivity contribution in [2.45, 2.75) is 64.6 Å². The zero-order valence-electron chi connectivity index (χ0n) is 17.1. The Morgan fingerprint density at radius 2 is 1.82 bits per heavy atom. The van der Waals surface area contributed by atoms with Gasteiger partial charge in [0.1, 0.15) is 11.5 Å². The molecular weight excluding hydrogens is 420 g/mol. The lowest BCUT2D eigenvalue weighted by Gasteiger charge is -2.59. The molecule has 2 aliphatic carbocycles. The number of benzene rings is 1. The molecule has 1 unspecified atom stereocenters. The highest BCUT2D eigenvalue weighted by Crippen LogP contribution is 2.62. The number of aliphatic carboxylic acids is 1. The Balaban J connectivity index is 2.04. The molecule has 0 bridgehead atoms. The molecule has 0 amide bonds. The van der Waals surface area contributed by atoms with E-state index in [1.807, 2.05) is 0 Å². The van der Waals surface area contributed by atoms with Crippen LogP contribution in [0.15, 0.2) is 23.8 Å². The van der Waals surface area contributed by atoms with Crippen LogP contribution < -0.4 is 0 Å². The fraction of sp³-hybridized carbons (Fsp3) is 0.609. The maximum atomic E-state index is 11.0. The van der Waals surface area contributed by atoms with E-state index in [1.54, 1.807) is 6.07 Å². The number of rotatable bonds is 4. The van der Waals surface area contributed by atoms with E-state index >= 15 is 0 Å². The predicted octanol–water partition coefficient (Wildman–Crippen LogP) is 5.44. The summed E-state index contributed by atoms with van der Waals surface area (Å²) >= 11 is 3.91. The van der Waals surface area contributed by atoms with Gasteiger partial charge in [0.05, 0.1) is 6.42 Å². The predicted molar refractivity (Wildman–Crippen MR) is 114 cm³/mol. The number of phenolic OH excluding ortho intramolecular Hbond substituents is 2. The van der Waals surface area contributed by atoms with Crippen molar-refractivity contribution in [2.24, 2.45) is 22.7 Å². The number of hydrogen-bond acceptors (Lipinski definition) is 3. The SMILES string of the molecule is CC1=CCC2C(C)(C)[C@@H](Br)CC[C@]2(Cc2cc(O)c(CC(=O)O)cc2O)[C@@H]1C. The van der Waals surface area contributed by atoms with Gasteiger partial charge in [0, 0.05) is 10.4 Å². The number of carbonyl (C=O) groups is 1. The summed E-state index contributed by atoms with van der Waals surface area (Å²) in [7, 11) is 0. The van der Waals surface area contributed by atoms with Crippen molar-refractivity contribution in [3.8, 4) is 11.5 Å². The second-order valence-corrected chi connectivity index (χ2v) is 10.5. The van der Waals surface area contributed by atoms with Crippen molar-refractivity contribution < 1.29 is 20.1 Å². The number of fused-ring (bicyclic) bond motifs is 1. The van der Waals surface area contributed by atoms with E-state index in [0.717, 1.165) is 19.3 Å². The van der Waals surface area contributed by atoms with E-state index in [2.05, 4.69) is 49.7 Å². The Morgan fingerprint density at radius 1 is 1.21 bits per heavy atom. The van der Waals surface area contributed by atoms with Crippen molar-refractivity contribution in [3.63, 3.8) is 0 Å². The molecule has 154 valence electrons. The van der Waals surface area contributed by atoms with Crippen molar-refractivity contribution in [1.82, 2.24) is 0 Å². The number of carboxylic acid groups (broad SMARTS) is 1. The lowest BCUT2D eigenvalue weighted by Crippen LogP contribution is -2.54. The summed E-state index contributed by atoms with van der Waals surface area (Å²) < 4.78 is 0. The molecule has 3 rings (SSSR count). The first kappa shape index (κ1) is 21.2. The molecule has 28 heavy (non-hydrogen) atoms. The van der Waals surface area contributed by atoms with E-state index in [4.69, 9.17) is 5.11 Å². The van der Waals surface area contributed by atoms with Crippen LogP contribution in [0.5, 0.6) is 11.5 Å². The van der Waals surface area contributed by atoms with E-state index in [9.17, 15) is 15.0 Å². The molecule has 3 N–H and O–H groups in total. The van der Waals surface area contributed by atoms with Gasteiger partial charge in [0.25, 0.3) is 0 Å². The van der Waals surface area contributed by atoms with Crippen molar-refractivity contribution in [2.75, 3.05) is 0 Å². The summed E-state index contributed by atoms with van der Waals surface area (Å²) in [5, 5.41) is 30.0. The lowest BCUT2D eigenvalue weighted by molar-refractivity contribution is -0.136. The van der Waals surface area contributed by atoms with Crippen molar-refractivity contribution in [1.29, 1.82) is 0 Å². The Kier molecular flexibility index (Phi) is 5.61. The quantitative estimate of drug-likeness (QED) is 0.324. The van der Waals surface area contributed by atoms with Crippen LogP contribution >= 0.6 is 15.9 Å². The summed E-state index contributed by atoms with van der Waals surface area (Å²) in [4.78, 5) is 11.5. The lowest BCUT2D eigenvalue weighted by atomic mass is 9.47. The topological polar surface area (TPSA) is 77.8 Å². The van der Waals surface area contributed by atoms with Gasteiger partial charge in [-0.05, 0) is 73.0 Å². The van der Waals surface area contributed by atoms with Crippen LogP contribution in [-0.2, 0) is 17.6 Å². The molecule has 4 nitrogen and oxygen atoms in total. The maximum absolute atomic E-state index is 11.0. The first-order valence-electron chi connectivity index (χ1n) is 10.0. The summed E-state index contributed by atoms with van der Waals surface area (Å²) in [6.45, 7) is 9.15. The van der Waals surface area contributed by atoms with E-state index < -0.39 is 5.97 Å². The largest absolute Gasteiger partial charge is 0.508 e. The molecule has 1 aromatic rings. The summed E-state index contributed by atoms with van der Waals surface area (Å²) in [5.74, 6) is -0.157. The Morgan fingerprint density at radius 3 is 2.46 bits per heavy atom. The minimum Gasteiger partial charge on any atom is -0.508 e. The van der Waals surface area contributed by atoms with Crippen LogP contribution in [0.2, 0.25) is 0 Å². The molecule has 1 aromatic carbocycles. The third-order valence-electron chi connectivity index (χ3n) is 7.62. The number of hydrogen-bond donors (Lipinski definition) is 3. The molecule has 0 heterocycles. The second kappa shape index (κ2) is 7.40. The van der Waals surface area contributed by atoms with Gasteiger partial charge >= 0.3 is 5.97 Å². The molecule has 2 aliphatic rings. The molecule has 5 heteroatoms. The highest BCUT2D eigenvalue weighted by Gasteiger charge is 2.56. The Labute approximate surface area is 175 Å². The third kappa shape index (κ3) is 3.47. The maximum Gasteiger partial charge on any atom is 0.307 e. The van der Waals surface area contributed by atoms with E-state index in [-0.39, 0.29) is 34.3 Å². The molecule has 0 spiro atoms. The molecular formula is C23H31BrO4. The first-order chi connectivity index (χ1) is 13.0. The minimum absolute atomic E-state index is 0.00480. The Hall–Kier alpha value is -1.49. The van der Waals surface area contributed by atoms with E-state index in [1.165, 1.54) is 11.6 Å². The van der Waals surface area contributed by atoms with Crippen LogP contribution in [-0.4, -0.2) is 26.1 Å². The van der Waals surface area contributed by atoms with Crippen LogP contribution in [0.4, 0.5) is 0 Å². The standard InChI is InChI=1S/C23H31BrO4/c1-13-5-6-19-22(3,4)20(24)7-8-23(19,14(13)2)12-16-10-17(25)15(9-18(16)26)11-21(27)28/h5,9-10,14,19-20,25-26H,6-8,11-12H2,1-4H3,(H,27,28)/t14-,19?,20+,23+/m1/s1. The van der Waals surface area contributed by atoms with Gasteiger partial charge < -0.3 is 15.3 Å². The minimum atomic E-state index is -1.03. The molecule has 0 radical (unpaired) electrons. The second-order valence-electron chi connectivity index (χ2n) is 9.38. The van der Waals surface area contributed by atoms with Gasteiger partial charge in [-0.3, -0.25) is 4.79 Å². The average Bonchev–Trinajstić information content (AvgIpc) is 2.60. The first-order valence-corrected chi connectivity index (χ1v) is 11.0. The number of aromatic hydroxyl groups is 2. The van der Waals surface area contributed by atoms with Gasteiger partial charge in [-0.25, -0.2) is 0 Å². The highest BCUT2D eigenvalue weighted by atomic mass is 79.9. The fourth-order valence-corrected chi connectivity index (χ4v) is 6.27. The van der Waals surface area contributed by atoms with Gasteiger partial charge in [0.15, 0.2) is 0 Å². The third-order valence-corrected chi connectivity index (χ3v) is 9.26. The number of carboxylic acids is 1. The zero-order valence-corrected chi connectivity index (χ0v) is 18.7. The number of allylic oxidation sites excluding steroid dienone is 2. The number of halogens is 1. The molecule has 1 saturated carbocycles. The zero-order chi connectivity index (χ0) is 20.9. The highest BCUT2D eigenvalue weighted by molar-refractivity contribution is 9.09. The monoisotopic (exact) mass is 450 g/mol. The van der Waals surface area contributed by atoms with E-state index in [0.29, 0.717) is 28.6 Å². The van der Waals surface area contributed by atoms with Crippen molar-refractivity contribution in [3.05, 3.63) is 34.9 Å². The molecule has 0 aromatic heterocycles. The van der Waals surface area contributed by atoms with Crippen molar-refractivity contribution >= 4 is 21.9 Å². The van der Waals surface area contributed by atoms with Gasteiger partial charge in [-0.1, -0.05) is 48.4 Å². The fourth-order valence-electron chi connectivity index (χ4n) is 5.72. The van der Waals surface area contributed by atoms with Crippen LogP contribution in [0.1, 0.15) is 58.1 Å². The van der Waals surface area contributed by atoms with Crippen LogP contribution in [0, 0.1) is 22.7 Å². The molecule has 0 aliphatic heterocycles. The van der Waals surface area contributed by atoms with Gasteiger partial charge in [-0.15, -0.1) is 0 Å². The summed E-state index contributed by atoms with van der Waals surface area (Å²) in [6, 6.07) is 2.99. The van der Waals surface area contributed by atoms with Crippen LogP contribution in [0.25, 0.3) is 0 Å². The molecule has 0 saturated heterocycles. The molecule has 1 fully saturated rings. The molecule has 4 atom stereocenters. The average molecular weight is 451 g/mol. The smallest absolute Gasteiger partial charge is 0.307 e. The normalized spacial score (nSPS) is 31.8.